The number of carbonyl (C=O) groups is 1. The Morgan fingerprint density at radius 1 is 1.23 bits per heavy atom. The number of aryl methyl sites for hydroxylation is 1. The summed E-state index contributed by atoms with van der Waals surface area (Å²) in [5.41, 5.74) is 0.863. The maximum Gasteiger partial charge on any atom is 0.285 e. The number of amides is 1. The maximum absolute atomic E-state index is 12.1. The molecule has 6 heteroatoms. The highest BCUT2D eigenvalue weighted by atomic mass is 16.6. The summed E-state index contributed by atoms with van der Waals surface area (Å²) in [4.78, 5) is 22.6. The van der Waals surface area contributed by atoms with Crippen molar-refractivity contribution in [3.05, 3.63) is 75.3 Å². The molecule has 2 aromatic rings. The third-order valence-electron chi connectivity index (χ3n) is 3.31. The van der Waals surface area contributed by atoms with E-state index in [0.717, 1.165) is 0 Å². The Kier molecular flexibility index (Phi) is 4.85. The van der Waals surface area contributed by atoms with Gasteiger partial charge in [0.05, 0.1) is 11.0 Å². The summed E-state index contributed by atoms with van der Waals surface area (Å²) < 4.78 is 0. The summed E-state index contributed by atoms with van der Waals surface area (Å²) in [6.45, 7) is 1.56. The highest BCUT2D eigenvalue weighted by Gasteiger charge is 2.22. The standard InChI is InChI=1S/C16H16N2O4/c1-11-6-5-9-13(15(11)18(21)22)16(20)17-10-14(19)12-7-3-2-4-8-12/h2-9,14,19H,10H2,1H3,(H,17,20)/t14-/m0/s1. The van der Waals surface area contributed by atoms with E-state index in [9.17, 15) is 20.0 Å². The van der Waals surface area contributed by atoms with Gasteiger partial charge in [-0.15, -0.1) is 0 Å². The molecular formula is C16H16N2O4. The van der Waals surface area contributed by atoms with Gasteiger partial charge in [0.25, 0.3) is 11.6 Å². The fourth-order valence-corrected chi connectivity index (χ4v) is 2.16. The summed E-state index contributed by atoms with van der Waals surface area (Å²) in [7, 11) is 0. The normalized spacial score (nSPS) is 11.7. The zero-order chi connectivity index (χ0) is 16.1. The third-order valence-corrected chi connectivity index (χ3v) is 3.31. The van der Waals surface area contributed by atoms with Crippen molar-refractivity contribution in [2.24, 2.45) is 0 Å². The van der Waals surface area contributed by atoms with Crippen LogP contribution in [-0.4, -0.2) is 22.5 Å². The van der Waals surface area contributed by atoms with E-state index in [-0.39, 0.29) is 17.8 Å². The lowest BCUT2D eigenvalue weighted by atomic mass is 10.1. The number of nitrogens with zero attached hydrogens (tertiary/aromatic N) is 1. The minimum atomic E-state index is -0.867. The van der Waals surface area contributed by atoms with Crippen molar-refractivity contribution in [3.63, 3.8) is 0 Å². The largest absolute Gasteiger partial charge is 0.387 e. The molecule has 0 aliphatic rings. The van der Waals surface area contributed by atoms with Gasteiger partial charge in [0.15, 0.2) is 0 Å². The number of benzene rings is 2. The molecular weight excluding hydrogens is 284 g/mol. The van der Waals surface area contributed by atoms with Crippen molar-refractivity contribution in [1.82, 2.24) is 5.32 Å². The number of nitro benzene ring substituents is 1. The first-order valence-electron chi connectivity index (χ1n) is 6.76. The van der Waals surface area contributed by atoms with Gasteiger partial charge in [-0.25, -0.2) is 0 Å². The summed E-state index contributed by atoms with van der Waals surface area (Å²) in [6.07, 6.45) is -0.867. The minimum Gasteiger partial charge on any atom is -0.387 e. The van der Waals surface area contributed by atoms with Crippen molar-refractivity contribution in [1.29, 1.82) is 0 Å². The molecule has 0 saturated heterocycles. The Balaban J connectivity index is 2.11. The number of para-hydroxylation sites is 1. The number of rotatable bonds is 5. The van der Waals surface area contributed by atoms with Crippen LogP contribution in [0.25, 0.3) is 0 Å². The Morgan fingerprint density at radius 3 is 2.55 bits per heavy atom. The highest BCUT2D eigenvalue weighted by Crippen LogP contribution is 2.23. The van der Waals surface area contributed by atoms with E-state index in [1.807, 2.05) is 6.07 Å². The summed E-state index contributed by atoms with van der Waals surface area (Å²) >= 11 is 0. The molecule has 114 valence electrons. The number of carbonyl (C=O) groups excluding carboxylic acids is 1. The van der Waals surface area contributed by atoms with Crippen LogP contribution in [0.15, 0.2) is 48.5 Å². The zero-order valence-electron chi connectivity index (χ0n) is 12.0. The Morgan fingerprint density at radius 2 is 1.91 bits per heavy atom. The van der Waals surface area contributed by atoms with Gasteiger partial charge in [-0.3, -0.25) is 14.9 Å². The van der Waals surface area contributed by atoms with Gasteiger partial charge in [-0.1, -0.05) is 42.5 Å². The Hall–Kier alpha value is -2.73. The van der Waals surface area contributed by atoms with Crippen molar-refractivity contribution in [2.75, 3.05) is 6.54 Å². The van der Waals surface area contributed by atoms with Gasteiger partial charge >= 0.3 is 0 Å². The Labute approximate surface area is 127 Å². The number of aliphatic hydroxyl groups excluding tert-OH is 1. The van der Waals surface area contributed by atoms with Crippen LogP contribution in [0, 0.1) is 17.0 Å². The van der Waals surface area contributed by atoms with E-state index < -0.39 is 16.9 Å². The van der Waals surface area contributed by atoms with E-state index in [0.29, 0.717) is 11.1 Å². The fourth-order valence-electron chi connectivity index (χ4n) is 2.16. The van der Waals surface area contributed by atoms with Crippen LogP contribution in [0.4, 0.5) is 5.69 Å². The average molecular weight is 300 g/mol. The Bertz CT molecular complexity index is 686. The van der Waals surface area contributed by atoms with Gasteiger partial charge in [0, 0.05) is 12.1 Å². The predicted molar refractivity (Wildman–Crippen MR) is 81.6 cm³/mol. The van der Waals surface area contributed by atoms with Gasteiger partial charge in [0.2, 0.25) is 0 Å². The number of hydrogen-bond acceptors (Lipinski definition) is 4. The molecule has 6 nitrogen and oxygen atoms in total. The van der Waals surface area contributed by atoms with Crippen LogP contribution in [0.3, 0.4) is 0 Å². The lowest BCUT2D eigenvalue weighted by Crippen LogP contribution is -2.29. The molecule has 1 atom stereocenters. The molecule has 0 bridgehead atoms. The number of nitro groups is 1. The number of aliphatic hydroxyl groups is 1. The molecule has 0 unspecified atom stereocenters. The average Bonchev–Trinajstić information content (AvgIpc) is 2.52. The molecule has 0 aromatic heterocycles. The van der Waals surface area contributed by atoms with Gasteiger partial charge in [-0.05, 0) is 18.6 Å². The van der Waals surface area contributed by atoms with Crippen molar-refractivity contribution in [2.45, 2.75) is 13.0 Å². The van der Waals surface area contributed by atoms with Crippen LogP contribution >= 0.6 is 0 Å². The molecule has 0 spiro atoms. The first-order valence-corrected chi connectivity index (χ1v) is 6.76. The van der Waals surface area contributed by atoms with Crippen molar-refractivity contribution < 1.29 is 14.8 Å². The molecule has 0 saturated carbocycles. The minimum absolute atomic E-state index is 0.00902. The van der Waals surface area contributed by atoms with Crippen molar-refractivity contribution >= 4 is 11.6 Å². The van der Waals surface area contributed by atoms with Crippen LogP contribution in [-0.2, 0) is 0 Å². The molecule has 2 rings (SSSR count). The molecule has 0 radical (unpaired) electrons. The van der Waals surface area contributed by atoms with Crippen LogP contribution in [0.1, 0.15) is 27.6 Å². The third kappa shape index (κ3) is 3.48. The molecule has 2 N–H and O–H groups in total. The monoisotopic (exact) mass is 300 g/mol. The lowest BCUT2D eigenvalue weighted by Gasteiger charge is -2.12. The fraction of sp³-hybridized carbons (Fsp3) is 0.188. The smallest absolute Gasteiger partial charge is 0.285 e. The maximum atomic E-state index is 12.1. The summed E-state index contributed by atoms with van der Waals surface area (Å²) in [6, 6.07) is 13.4. The highest BCUT2D eigenvalue weighted by molar-refractivity contribution is 5.98. The summed E-state index contributed by atoms with van der Waals surface area (Å²) in [5.74, 6) is -0.578. The second-order valence-corrected chi connectivity index (χ2v) is 4.86. The van der Waals surface area contributed by atoms with E-state index in [4.69, 9.17) is 0 Å². The van der Waals surface area contributed by atoms with Crippen LogP contribution in [0.2, 0.25) is 0 Å². The second kappa shape index (κ2) is 6.82. The molecule has 2 aromatic carbocycles. The van der Waals surface area contributed by atoms with Gasteiger partial charge < -0.3 is 10.4 Å². The quantitative estimate of drug-likeness (QED) is 0.655. The van der Waals surface area contributed by atoms with E-state index >= 15 is 0 Å². The molecule has 0 heterocycles. The lowest BCUT2D eigenvalue weighted by molar-refractivity contribution is -0.385. The first-order chi connectivity index (χ1) is 10.5. The topological polar surface area (TPSA) is 92.5 Å². The van der Waals surface area contributed by atoms with Gasteiger partial charge in [-0.2, -0.15) is 0 Å². The van der Waals surface area contributed by atoms with Gasteiger partial charge in [0.1, 0.15) is 5.56 Å². The first kappa shape index (κ1) is 15.7. The number of hydrogen-bond donors (Lipinski definition) is 2. The molecule has 0 aliphatic heterocycles. The van der Waals surface area contributed by atoms with E-state index in [1.165, 1.54) is 6.07 Å². The van der Waals surface area contributed by atoms with E-state index in [2.05, 4.69) is 5.32 Å². The van der Waals surface area contributed by atoms with E-state index in [1.54, 1.807) is 43.3 Å². The molecule has 0 aliphatic carbocycles. The SMILES string of the molecule is Cc1cccc(C(=O)NC[C@H](O)c2ccccc2)c1[N+](=O)[O-]. The predicted octanol–water partition coefficient (Wildman–Crippen LogP) is 2.37. The van der Waals surface area contributed by atoms with Crippen LogP contribution in [0.5, 0.6) is 0 Å². The zero-order valence-corrected chi connectivity index (χ0v) is 12.0. The second-order valence-electron chi connectivity index (χ2n) is 4.86. The van der Waals surface area contributed by atoms with Crippen LogP contribution < -0.4 is 5.32 Å². The molecule has 22 heavy (non-hydrogen) atoms. The van der Waals surface area contributed by atoms with Crippen molar-refractivity contribution in [3.8, 4) is 0 Å². The number of nitrogens with one attached hydrogen (secondary N) is 1. The molecule has 0 fully saturated rings. The molecule has 1 amide bonds. The summed E-state index contributed by atoms with van der Waals surface area (Å²) in [5, 5.41) is 23.6.